The van der Waals surface area contributed by atoms with Gasteiger partial charge in [0.05, 0.1) is 11.0 Å². The Bertz CT molecular complexity index is 567. The third kappa shape index (κ3) is 2.51. The van der Waals surface area contributed by atoms with Gasteiger partial charge in [-0.05, 0) is 17.7 Å². The summed E-state index contributed by atoms with van der Waals surface area (Å²) in [6.07, 6.45) is 0.984. The largest absolute Gasteiger partial charge is 0.331 e. The molecule has 0 spiro atoms. The number of aryl methyl sites for hydroxylation is 2. The van der Waals surface area contributed by atoms with Crippen molar-refractivity contribution in [2.45, 2.75) is 19.9 Å². The Morgan fingerprint density at radius 1 is 1.26 bits per heavy atom. The summed E-state index contributed by atoms with van der Waals surface area (Å²) in [6, 6.07) is 6.67. The standard InChI is InChI=1S/C15H22N4/c1-3-15-17-13-5-4-12(10-14(13)18(15)2)11-19-8-6-16-7-9-19/h4-5,10,16H,3,6-9,11H2,1-2H3. The topological polar surface area (TPSA) is 33.1 Å². The van der Waals surface area contributed by atoms with Gasteiger partial charge in [0.25, 0.3) is 0 Å². The van der Waals surface area contributed by atoms with E-state index in [0.29, 0.717) is 0 Å². The number of aromatic nitrogens is 2. The van der Waals surface area contributed by atoms with Crippen LogP contribution in [0.1, 0.15) is 18.3 Å². The molecule has 1 fully saturated rings. The molecule has 0 aliphatic carbocycles. The van der Waals surface area contributed by atoms with Gasteiger partial charge in [0.15, 0.2) is 0 Å². The first-order chi connectivity index (χ1) is 9.28. The van der Waals surface area contributed by atoms with Gasteiger partial charge in [-0.25, -0.2) is 4.98 Å². The molecule has 0 amide bonds. The molecule has 1 aliphatic heterocycles. The number of nitrogens with zero attached hydrogens (tertiary/aromatic N) is 3. The van der Waals surface area contributed by atoms with Gasteiger partial charge in [0.2, 0.25) is 0 Å². The first-order valence-electron chi connectivity index (χ1n) is 7.15. The smallest absolute Gasteiger partial charge is 0.109 e. The van der Waals surface area contributed by atoms with Crippen molar-refractivity contribution in [1.29, 1.82) is 0 Å². The minimum Gasteiger partial charge on any atom is -0.331 e. The number of piperazine rings is 1. The van der Waals surface area contributed by atoms with Crippen LogP contribution in [0.5, 0.6) is 0 Å². The lowest BCUT2D eigenvalue weighted by molar-refractivity contribution is 0.233. The summed E-state index contributed by atoms with van der Waals surface area (Å²) < 4.78 is 2.22. The number of imidazole rings is 1. The Morgan fingerprint density at radius 2 is 2.05 bits per heavy atom. The van der Waals surface area contributed by atoms with Gasteiger partial charge in [-0.15, -0.1) is 0 Å². The predicted molar refractivity (Wildman–Crippen MR) is 78.2 cm³/mol. The predicted octanol–water partition coefficient (Wildman–Crippen LogP) is 1.54. The molecular weight excluding hydrogens is 236 g/mol. The molecule has 2 heterocycles. The van der Waals surface area contributed by atoms with Crippen molar-refractivity contribution in [3.63, 3.8) is 0 Å². The maximum Gasteiger partial charge on any atom is 0.109 e. The van der Waals surface area contributed by atoms with E-state index in [1.165, 1.54) is 11.1 Å². The van der Waals surface area contributed by atoms with Crippen LogP contribution < -0.4 is 5.32 Å². The summed E-state index contributed by atoms with van der Waals surface area (Å²) in [5.74, 6) is 1.16. The fourth-order valence-corrected chi connectivity index (χ4v) is 2.83. The van der Waals surface area contributed by atoms with Crippen molar-refractivity contribution < 1.29 is 0 Å². The molecule has 1 aliphatic rings. The maximum atomic E-state index is 4.66. The van der Waals surface area contributed by atoms with Crippen molar-refractivity contribution >= 4 is 11.0 Å². The second kappa shape index (κ2) is 5.31. The normalized spacial score (nSPS) is 17.2. The molecule has 3 rings (SSSR count). The van der Waals surface area contributed by atoms with Crippen LogP contribution in [-0.2, 0) is 20.0 Å². The van der Waals surface area contributed by atoms with Crippen molar-refractivity contribution in [3.8, 4) is 0 Å². The van der Waals surface area contributed by atoms with Crippen LogP contribution >= 0.6 is 0 Å². The Morgan fingerprint density at radius 3 is 2.79 bits per heavy atom. The average Bonchev–Trinajstić information content (AvgIpc) is 2.77. The van der Waals surface area contributed by atoms with Gasteiger partial charge in [0, 0.05) is 46.2 Å². The molecule has 19 heavy (non-hydrogen) atoms. The van der Waals surface area contributed by atoms with Crippen LogP contribution in [0.3, 0.4) is 0 Å². The van der Waals surface area contributed by atoms with Gasteiger partial charge in [-0.2, -0.15) is 0 Å². The molecule has 0 unspecified atom stereocenters. The van der Waals surface area contributed by atoms with E-state index in [-0.39, 0.29) is 0 Å². The van der Waals surface area contributed by atoms with E-state index in [9.17, 15) is 0 Å². The average molecular weight is 258 g/mol. The number of benzene rings is 1. The van der Waals surface area contributed by atoms with Crippen molar-refractivity contribution in [3.05, 3.63) is 29.6 Å². The molecule has 1 saturated heterocycles. The van der Waals surface area contributed by atoms with Crippen LogP contribution in [0, 0.1) is 0 Å². The van der Waals surface area contributed by atoms with Crippen LogP contribution in [-0.4, -0.2) is 40.6 Å². The molecule has 1 aromatic carbocycles. The highest BCUT2D eigenvalue weighted by Gasteiger charge is 2.11. The highest BCUT2D eigenvalue weighted by molar-refractivity contribution is 5.76. The molecule has 0 atom stereocenters. The molecule has 102 valence electrons. The first kappa shape index (κ1) is 12.6. The van der Waals surface area contributed by atoms with E-state index in [2.05, 4.69) is 51.9 Å². The van der Waals surface area contributed by atoms with E-state index in [0.717, 1.165) is 50.5 Å². The zero-order chi connectivity index (χ0) is 13.2. The Hall–Kier alpha value is -1.39. The van der Waals surface area contributed by atoms with E-state index >= 15 is 0 Å². The number of rotatable bonds is 3. The summed E-state index contributed by atoms with van der Waals surface area (Å²) >= 11 is 0. The third-order valence-corrected chi connectivity index (χ3v) is 3.97. The number of fused-ring (bicyclic) bond motifs is 1. The fraction of sp³-hybridized carbons (Fsp3) is 0.533. The highest BCUT2D eigenvalue weighted by atomic mass is 15.2. The van der Waals surface area contributed by atoms with Gasteiger partial charge in [0.1, 0.15) is 5.82 Å². The summed E-state index contributed by atoms with van der Waals surface area (Å²) in [6.45, 7) is 7.70. The summed E-state index contributed by atoms with van der Waals surface area (Å²) in [5.41, 5.74) is 3.76. The van der Waals surface area contributed by atoms with Crippen LogP contribution in [0.2, 0.25) is 0 Å². The zero-order valence-electron chi connectivity index (χ0n) is 11.8. The van der Waals surface area contributed by atoms with E-state index in [1.807, 2.05) is 0 Å². The molecule has 0 saturated carbocycles. The van der Waals surface area contributed by atoms with E-state index in [4.69, 9.17) is 0 Å². The summed E-state index contributed by atoms with van der Waals surface area (Å²) in [5, 5.41) is 3.39. The van der Waals surface area contributed by atoms with Crippen LogP contribution in [0.4, 0.5) is 0 Å². The van der Waals surface area contributed by atoms with E-state index < -0.39 is 0 Å². The number of nitrogens with one attached hydrogen (secondary N) is 1. The van der Waals surface area contributed by atoms with Crippen molar-refractivity contribution in [1.82, 2.24) is 19.8 Å². The lowest BCUT2D eigenvalue weighted by atomic mass is 10.1. The number of hydrogen-bond acceptors (Lipinski definition) is 3. The van der Waals surface area contributed by atoms with Gasteiger partial charge in [-0.1, -0.05) is 13.0 Å². The van der Waals surface area contributed by atoms with E-state index in [1.54, 1.807) is 0 Å². The monoisotopic (exact) mass is 258 g/mol. The highest BCUT2D eigenvalue weighted by Crippen LogP contribution is 2.18. The Labute approximate surface area is 114 Å². The Kier molecular flexibility index (Phi) is 3.53. The first-order valence-corrected chi connectivity index (χ1v) is 7.15. The fourth-order valence-electron chi connectivity index (χ4n) is 2.83. The molecule has 4 heteroatoms. The molecule has 0 radical (unpaired) electrons. The maximum absolute atomic E-state index is 4.66. The zero-order valence-corrected chi connectivity index (χ0v) is 11.8. The Balaban J connectivity index is 1.86. The van der Waals surface area contributed by atoms with Crippen molar-refractivity contribution in [2.75, 3.05) is 26.2 Å². The molecule has 4 nitrogen and oxygen atoms in total. The second-order valence-corrected chi connectivity index (χ2v) is 5.29. The molecule has 1 aromatic heterocycles. The SMILES string of the molecule is CCc1nc2ccc(CN3CCNCC3)cc2n1C. The summed E-state index contributed by atoms with van der Waals surface area (Å²) in [7, 11) is 2.11. The minimum atomic E-state index is 0.984. The van der Waals surface area contributed by atoms with Gasteiger partial charge in [-0.3, -0.25) is 4.90 Å². The van der Waals surface area contributed by atoms with Crippen molar-refractivity contribution in [2.24, 2.45) is 7.05 Å². The number of hydrogen-bond donors (Lipinski definition) is 1. The quantitative estimate of drug-likeness (QED) is 0.906. The van der Waals surface area contributed by atoms with Gasteiger partial charge < -0.3 is 9.88 Å². The lowest BCUT2D eigenvalue weighted by Crippen LogP contribution is -2.42. The van der Waals surface area contributed by atoms with Crippen LogP contribution in [0.15, 0.2) is 18.2 Å². The molecule has 1 N–H and O–H groups in total. The van der Waals surface area contributed by atoms with Crippen LogP contribution in [0.25, 0.3) is 11.0 Å². The lowest BCUT2D eigenvalue weighted by Gasteiger charge is -2.27. The minimum absolute atomic E-state index is 0.984. The molecule has 2 aromatic rings. The third-order valence-electron chi connectivity index (χ3n) is 3.97. The summed E-state index contributed by atoms with van der Waals surface area (Å²) in [4.78, 5) is 7.17. The van der Waals surface area contributed by atoms with Gasteiger partial charge >= 0.3 is 0 Å². The molecule has 0 bridgehead atoms. The second-order valence-electron chi connectivity index (χ2n) is 5.29. The molecular formula is C15H22N4.